The summed E-state index contributed by atoms with van der Waals surface area (Å²) in [5, 5.41) is 7.29. The highest BCUT2D eigenvalue weighted by Crippen LogP contribution is 2.66. The Kier molecular flexibility index (Phi) is 2.80. The molecule has 5 aliphatic rings. The molecule has 0 saturated heterocycles. The van der Waals surface area contributed by atoms with Crippen LogP contribution in [0.4, 0.5) is 0 Å². The highest BCUT2D eigenvalue weighted by atomic mass is 16.2. The smallest absolute Gasteiger partial charge is 0.267 e. The molecular weight excluding hydrogens is 278 g/mol. The van der Waals surface area contributed by atoms with Crippen molar-refractivity contribution in [1.29, 1.82) is 0 Å². The minimum absolute atomic E-state index is 0.0516. The molecule has 5 nitrogen and oxygen atoms in total. The van der Waals surface area contributed by atoms with Gasteiger partial charge in [-0.15, -0.1) is 0 Å². The van der Waals surface area contributed by atoms with Gasteiger partial charge in [0.05, 0.1) is 0 Å². The average Bonchev–Trinajstić information content (AvgIpc) is 2.34. The Bertz CT molecular complexity index is 564. The summed E-state index contributed by atoms with van der Waals surface area (Å²) in [6, 6.07) is 0. The molecule has 0 aromatic rings. The lowest BCUT2D eigenvalue weighted by Gasteiger charge is -2.65. The minimum Gasteiger partial charge on any atom is -0.345 e. The first-order chi connectivity index (χ1) is 10.3. The predicted octanol–water partition coefficient (Wildman–Crippen LogP) is 2.12. The standard InChI is InChI=1S/C17H25N3O2/c1-15-5-11-6-16(2,8-15)10-17(7-11,9-15)18-14(22)12-3-4-13(21)20-19-12/h11H,3-10H2,1-2H3,(H,18,22)(H,20,21)/t11?,15-,16+,17?. The highest BCUT2D eigenvalue weighted by Gasteiger charge is 2.60. The maximum atomic E-state index is 12.6. The molecule has 4 bridgehead atoms. The zero-order valence-corrected chi connectivity index (χ0v) is 13.5. The van der Waals surface area contributed by atoms with E-state index in [0.29, 0.717) is 29.4 Å². The predicted molar refractivity (Wildman–Crippen MR) is 83.1 cm³/mol. The summed E-state index contributed by atoms with van der Waals surface area (Å²) in [5.41, 5.74) is 3.61. The fourth-order valence-electron chi connectivity index (χ4n) is 6.54. The van der Waals surface area contributed by atoms with Crippen LogP contribution in [-0.4, -0.2) is 23.1 Å². The minimum atomic E-state index is -0.105. The van der Waals surface area contributed by atoms with Crippen molar-refractivity contribution >= 4 is 17.5 Å². The molecule has 2 N–H and O–H groups in total. The number of hydrogen-bond donors (Lipinski definition) is 2. The van der Waals surface area contributed by atoms with E-state index in [9.17, 15) is 9.59 Å². The van der Waals surface area contributed by atoms with Gasteiger partial charge in [0.15, 0.2) is 0 Å². The van der Waals surface area contributed by atoms with E-state index in [1.807, 2.05) is 0 Å². The van der Waals surface area contributed by atoms with Crippen molar-refractivity contribution in [2.24, 2.45) is 21.8 Å². The van der Waals surface area contributed by atoms with Gasteiger partial charge in [-0.1, -0.05) is 13.8 Å². The van der Waals surface area contributed by atoms with Gasteiger partial charge in [-0.05, 0) is 55.3 Å². The molecule has 1 heterocycles. The van der Waals surface area contributed by atoms with Gasteiger partial charge in [0.1, 0.15) is 5.71 Å². The molecule has 0 radical (unpaired) electrons. The number of hydrazone groups is 1. The van der Waals surface area contributed by atoms with Crippen LogP contribution in [0.15, 0.2) is 5.10 Å². The van der Waals surface area contributed by atoms with Gasteiger partial charge in [-0.3, -0.25) is 9.59 Å². The SMILES string of the molecule is C[C@]12CC3CC(NC(=O)C4=NNC(=O)CC4)(C1)C[C@@](C)(C3)C2. The summed E-state index contributed by atoms with van der Waals surface area (Å²) >= 11 is 0. The van der Waals surface area contributed by atoms with Gasteiger partial charge in [0.25, 0.3) is 5.91 Å². The highest BCUT2D eigenvalue weighted by molar-refractivity contribution is 6.39. The number of rotatable bonds is 2. The Hall–Kier alpha value is -1.39. The van der Waals surface area contributed by atoms with Crippen molar-refractivity contribution in [2.75, 3.05) is 0 Å². The topological polar surface area (TPSA) is 70.6 Å². The Morgan fingerprint density at radius 3 is 2.36 bits per heavy atom. The first-order valence-electron chi connectivity index (χ1n) is 8.47. The first-order valence-corrected chi connectivity index (χ1v) is 8.47. The molecule has 0 aromatic heterocycles. The molecule has 5 heteroatoms. The molecule has 4 aliphatic carbocycles. The second-order valence-corrected chi connectivity index (χ2v) is 8.96. The van der Waals surface area contributed by atoms with Crippen molar-refractivity contribution in [3.05, 3.63) is 0 Å². The molecule has 2 amide bonds. The fraction of sp³-hybridized carbons (Fsp3) is 0.824. The summed E-state index contributed by atoms with van der Waals surface area (Å²) in [6.45, 7) is 4.80. The van der Waals surface area contributed by atoms with Crippen molar-refractivity contribution < 1.29 is 9.59 Å². The molecule has 22 heavy (non-hydrogen) atoms. The summed E-state index contributed by atoms with van der Waals surface area (Å²) in [4.78, 5) is 23.8. The summed E-state index contributed by atoms with van der Waals surface area (Å²) in [5.74, 6) is 0.570. The number of hydrogen-bond acceptors (Lipinski definition) is 3. The van der Waals surface area contributed by atoms with E-state index in [4.69, 9.17) is 0 Å². The van der Waals surface area contributed by atoms with Crippen LogP contribution in [0.1, 0.15) is 65.2 Å². The Morgan fingerprint density at radius 2 is 1.82 bits per heavy atom. The van der Waals surface area contributed by atoms with Gasteiger partial charge in [-0.2, -0.15) is 5.10 Å². The first kappa shape index (κ1) is 14.2. The van der Waals surface area contributed by atoms with E-state index < -0.39 is 0 Å². The van der Waals surface area contributed by atoms with Crippen LogP contribution in [0.5, 0.6) is 0 Å². The second-order valence-electron chi connectivity index (χ2n) is 8.96. The lowest BCUT2D eigenvalue weighted by atomic mass is 9.43. The third-order valence-electron chi connectivity index (χ3n) is 6.17. The number of carbonyl (C=O) groups excluding carboxylic acids is 2. The van der Waals surface area contributed by atoms with E-state index in [2.05, 4.69) is 29.7 Å². The molecule has 4 saturated carbocycles. The van der Waals surface area contributed by atoms with Gasteiger partial charge >= 0.3 is 0 Å². The zero-order valence-electron chi connectivity index (χ0n) is 13.5. The maximum absolute atomic E-state index is 12.6. The molecule has 4 fully saturated rings. The van der Waals surface area contributed by atoms with Gasteiger partial charge in [-0.25, -0.2) is 5.43 Å². The van der Waals surface area contributed by atoms with Crippen LogP contribution >= 0.6 is 0 Å². The normalized spacial score (nSPS) is 46.2. The van der Waals surface area contributed by atoms with E-state index in [0.717, 1.165) is 25.2 Å². The Balaban J connectivity index is 1.55. The number of nitrogens with one attached hydrogen (secondary N) is 2. The lowest BCUT2D eigenvalue weighted by Crippen LogP contribution is -2.65. The molecule has 0 aromatic carbocycles. The second kappa shape index (κ2) is 4.33. The van der Waals surface area contributed by atoms with Crippen LogP contribution in [0.2, 0.25) is 0 Å². The maximum Gasteiger partial charge on any atom is 0.267 e. The van der Waals surface area contributed by atoms with Crippen molar-refractivity contribution in [1.82, 2.24) is 10.7 Å². The molecule has 5 rings (SSSR count). The quantitative estimate of drug-likeness (QED) is 0.820. The molecule has 2 unspecified atom stereocenters. The van der Waals surface area contributed by atoms with E-state index in [1.165, 1.54) is 19.3 Å². The van der Waals surface area contributed by atoms with Gasteiger partial charge < -0.3 is 5.32 Å². The Labute approximate surface area is 131 Å². The molecule has 120 valence electrons. The third-order valence-corrected chi connectivity index (χ3v) is 6.17. The van der Waals surface area contributed by atoms with Crippen molar-refractivity contribution in [2.45, 2.75) is 70.8 Å². The number of carbonyl (C=O) groups is 2. The largest absolute Gasteiger partial charge is 0.345 e. The monoisotopic (exact) mass is 303 g/mol. The van der Waals surface area contributed by atoms with Crippen LogP contribution in [0.25, 0.3) is 0 Å². The van der Waals surface area contributed by atoms with Gasteiger partial charge in [0, 0.05) is 18.4 Å². The van der Waals surface area contributed by atoms with Crippen molar-refractivity contribution in [3.63, 3.8) is 0 Å². The molecular formula is C17H25N3O2. The number of nitrogens with zero attached hydrogens (tertiary/aromatic N) is 1. The van der Waals surface area contributed by atoms with Crippen LogP contribution in [0, 0.1) is 16.7 Å². The summed E-state index contributed by atoms with van der Waals surface area (Å²) in [7, 11) is 0. The Morgan fingerprint density at radius 1 is 1.14 bits per heavy atom. The zero-order chi connectivity index (χ0) is 15.6. The van der Waals surface area contributed by atoms with E-state index in [-0.39, 0.29) is 17.4 Å². The molecule has 4 atom stereocenters. The third kappa shape index (κ3) is 2.25. The fourth-order valence-corrected chi connectivity index (χ4v) is 6.54. The lowest BCUT2D eigenvalue weighted by molar-refractivity contribution is -0.135. The molecule has 1 aliphatic heterocycles. The van der Waals surface area contributed by atoms with Crippen LogP contribution in [-0.2, 0) is 9.59 Å². The van der Waals surface area contributed by atoms with Crippen molar-refractivity contribution in [3.8, 4) is 0 Å². The van der Waals surface area contributed by atoms with E-state index >= 15 is 0 Å². The summed E-state index contributed by atoms with van der Waals surface area (Å²) < 4.78 is 0. The number of amides is 2. The van der Waals surface area contributed by atoms with E-state index in [1.54, 1.807) is 0 Å². The molecule has 0 spiro atoms. The van der Waals surface area contributed by atoms with Crippen LogP contribution in [0.3, 0.4) is 0 Å². The van der Waals surface area contributed by atoms with Gasteiger partial charge in [0.2, 0.25) is 5.91 Å². The average molecular weight is 303 g/mol. The van der Waals surface area contributed by atoms with Crippen LogP contribution < -0.4 is 10.7 Å². The summed E-state index contributed by atoms with van der Waals surface area (Å²) in [6.07, 6.45) is 8.04.